The fraction of sp³-hybridized carbons (Fsp3) is 0.545. The van der Waals surface area contributed by atoms with E-state index in [1.165, 1.54) is 12.1 Å². The van der Waals surface area contributed by atoms with Crippen molar-refractivity contribution in [2.45, 2.75) is 26.7 Å². The van der Waals surface area contributed by atoms with Gasteiger partial charge < -0.3 is 14.3 Å². The second-order valence-corrected chi connectivity index (χ2v) is 3.81. The maximum absolute atomic E-state index is 11.3. The molecule has 0 bridgehead atoms. The van der Waals surface area contributed by atoms with Crippen LogP contribution in [0.1, 0.15) is 37.2 Å². The quantitative estimate of drug-likeness (QED) is 0.602. The van der Waals surface area contributed by atoms with Crippen molar-refractivity contribution in [1.29, 1.82) is 0 Å². The van der Waals surface area contributed by atoms with Crippen LogP contribution in [0.25, 0.3) is 0 Å². The van der Waals surface area contributed by atoms with E-state index in [9.17, 15) is 4.79 Å². The van der Waals surface area contributed by atoms with Crippen molar-refractivity contribution in [1.82, 2.24) is 0 Å². The van der Waals surface area contributed by atoms with E-state index in [1.54, 1.807) is 0 Å². The summed E-state index contributed by atoms with van der Waals surface area (Å²) in [6.45, 7) is 4.62. The van der Waals surface area contributed by atoms with Crippen LogP contribution >= 0.6 is 0 Å². The third kappa shape index (κ3) is 4.06. The molecule has 1 aromatic heterocycles. The number of furan rings is 1. The van der Waals surface area contributed by atoms with Gasteiger partial charge in [0.15, 0.2) is 0 Å². The first-order chi connectivity index (χ1) is 7.09. The van der Waals surface area contributed by atoms with E-state index in [4.69, 9.17) is 14.3 Å². The summed E-state index contributed by atoms with van der Waals surface area (Å²) < 4.78 is 9.65. The number of ether oxygens (including phenoxy) is 1. The molecule has 1 rings (SSSR count). The molecule has 1 heterocycles. The summed E-state index contributed by atoms with van der Waals surface area (Å²) in [5, 5.41) is 8.87. The molecular weight excluding hydrogens is 196 g/mol. The zero-order valence-corrected chi connectivity index (χ0v) is 9.03. The topological polar surface area (TPSA) is 59.7 Å². The van der Waals surface area contributed by atoms with Crippen molar-refractivity contribution in [2.75, 3.05) is 6.61 Å². The van der Waals surface area contributed by atoms with Gasteiger partial charge in [-0.05, 0) is 24.8 Å². The number of rotatable bonds is 5. The van der Waals surface area contributed by atoms with Gasteiger partial charge in [-0.25, -0.2) is 4.79 Å². The van der Waals surface area contributed by atoms with Crippen molar-refractivity contribution >= 4 is 5.97 Å². The number of esters is 1. The molecule has 0 saturated heterocycles. The Bertz CT molecular complexity index is 314. The Hall–Kier alpha value is -1.45. The van der Waals surface area contributed by atoms with Crippen LogP contribution in [0.2, 0.25) is 0 Å². The Kier molecular flexibility index (Phi) is 4.21. The first-order valence-corrected chi connectivity index (χ1v) is 5.05. The van der Waals surface area contributed by atoms with Crippen LogP contribution in [0.3, 0.4) is 0 Å². The number of hydrogen-bond acceptors (Lipinski definition) is 4. The van der Waals surface area contributed by atoms with E-state index < -0.39 is 5.97 Å². The van der Waals surface area contributed by atoms with Gasteiger partial charge in [0.25, 0.3) is 5.95 Å². The fourth-order valence-electron chi connectivity index (χ4n) is 1.16. The lowest BCUT2D eigenvalue weighted by Gasteiger charge is -2.04. The van der Waals surface area contributed by atoms with E-state index in [0.29, 0.717) is 12.5 Å². The smallest absolute Gasteiger partial charge is 0.374 e. The van der Waals surface area contributed by atoms with E-state index >= 15 is 0 Å². The maximum atomic E-state index is 11.3. The van der Waals surface area contributed by atoms with Crippen LogP contribution < -0.4 is 0 Å². The van der Waals surface area contributed by atoms with Gasteiger partial charge in [0.1, 0.15) is 0 Å². The zero-order valence-electron chi connectivity index (χ0n) is 9.03. The average molecular weight is 212 g/mol. The molecule has 0 spiro atoms. The molecule has 0 aromatic carbocycles. The van der Waals surface area contributed by atoms with Gasteiger partial charge in [-0.2, -0.15) is 0 Å². The predicted molar refractivity (Wildman–Crippen MR) is 54.7 cm³/mol. The summed E-state index contributed by atoms with van der Waals surface area (Å²) in [6, 6.07) is 2.70. The molecule has 4 nitrogen and oxygen atoms in total. The minimum Gasteiger partial charge on any atom is -0.481 e. The lowest BCUT2D eigenvalue weighted by Crippen LogP contribution is -2.05. The molecule has 1 N–H and O–H groups in total. The zero-order chi connectivity index (χ0) is 11.3. The third-order valence-corrected chi connectivity index (χ3v) is 1.95. The normalized spacial score (nSPS) is 10.6. The van der Waals surface area contributed by atoms with Crippen molar-refractivity contribution in [3.63, 3.8) is 0 Å². The van der Waals surface area contributed by atoms with Gasteiger partial charge in [0, 0.05) is 6.07 Å². The van der Waals surface area contributed by atoms with E-state index in [-0.39, 0.29) is 11.7 Å². The van der Waals surface area contributed by atoms with Gasteiger partial charge >= 0.3 is 5.97 Å². The van der Waals surface area contributed by atoms with E-state index in [1.807, 2.05) is 0 Å². The van der Waals surface area contributed by atoms with Crippen LogP contribution in [0.15, 0.2) is 16.5 Å². The van der Waals surface area contributed by atoms with Crippen molar-refractivity contribution in [2.24, 2.45) is 5.92 Å². The summed E-state index contributed by atoms with van der Waals surface area (Å²) in [6.07, 6.45) is 1.87. The van der Waals surface area contributed by atoms with Gasteiger partial charge in [0.05, 0.1) is 6.61 Å². The first-order valence-electron chi connectivity index (χ1n) is 5.05. The molecule has 0 aliphatic rings. The highest BCUT2D eigenvalue weighted by molar-refractivity contribution is 5.86. The molecule has 0 fully saturated rings. The Balaban J connectivity index is 2.25. The standard InChI is InChI=1S/C11H16O4/c1-8(2)4-3-7-14-11(13)9-5-6-10(12)15-9/h5-6,8,12H,3-4,7H2,1-2H3. The summed E-state index contributed by atoms with van der Waals surface area (Å²) in [4.78, 5) is 11.3. The van der Waals surface area contributed by atoms with E-state index in [0.717, 1.165) is 12.8 Å². The molecule has 15 heavy (non-hydrogen) atoms. The molecule has 0 amide bonds. The van der Waals surface area contributed by atoms with Crippen LogP contribution in [-0.2, 0) is 4.74 Å². The average Bonchev–Trinajstić information content (AvgIpc) is 2.59. The highest BCUT2D eigenvalue weighted by Crippen LogP contribution is 2.14. The molecular formula is C11H16O4. The molecule has 0 atom stereocenters. The Morgan fingerprint density at radius 1 is 1.53 bits per heavy atom. The first kappa shape index (κ1) is 11.6. The van der Waals surface area contributed by atoms with Crippen molar-refractivity contribution in [3.05, 3.63) is 17.9 Å². The molecule has 0 aliphatic carbocycles. The van der Waals surface area contributed by atoms with Crippen LogP contribution in [0.4, 0.5) is 0 Å². The molecule has 0 unspecified atom stereocenters. The van der Waals surface area contributed by atoms with Gasteiger partial charge in [0.2, 0.25) is 5.76 Å². The monoisotopic (exact) mass is 212 g/mol. The van der Waals surface area contributed by atoms with Gasteiger partial charge in [-0.1, -0.05) is 13.8 Å². The lowest BCUT2D eigenvalue weighted by atomic mass is 10.1. The largest absolute Gasteiger partial charge is 0.481 e. The third-order valence-electron chi connectivity index (χ3n) is 1.95. The second-order valence-electron chi connectivity index (χ2n) is 3.81. The number of hydrogen-bond donors (Lipinski definition) is 1. The van der Waals surface area contributed by atoms with Crippen molar-refractivity contribution < 1.29 is 19.1 Å². The summed E-state index contributed by atoms with van der Waals surface area (Å²) in [5.41, 5.74) is 0. The molecule has 0 aliphatic heterocycles. The van der Waals surface area contributed by atoms with Gasteiger partial charge in [-0.3, -0.25) is 0 Å². The molecule has 0 radical (unpaired) electrons. The summed E-state index contributed by atoms with van der Waals surface area (Å²) >= 11 is 0. The number of carbonyl (C=O) groups is 1. The van der Waals surface area contributed by atoms with Crippen molar-refractivity contribution in [3.8, 4) is 5.95 Å². The molecule has 84 valence electrons. The summed E-state index contributed by atoms with van der Waals surface area (Å²) in [5.74, 6) is -0.156. The maximum Gasteiger partial charge on any atom is 0.374 e. The fourth-order valence-corrected chi connectivity index (χ4v) is 1.16. The number of carbonyl (C=O) groups excluding carboxylic acids is 1. The molecule has 0 saturated carbocycles. The van der Waals surface area contributed by atoms with Crippen LogP contribution in [0, 0.1) is 5.92 Å². The molecule has 4 heteroatoms. The Labute approximate surface area is 88.8 Å². The lowest BCUT2D eigenvalue weighted by molar-refractivity contribution is 0.0452. The Morgan fingerprint density at radius 3 is 2.80 bits per heavy atom. The Morgan fingerprint density at radius 2 is 2.27 bits per heavy atom. The second kappa shape index (κ2) is 5.44. The SMILES string of the molecule is CC(C)CCCOC(=O)c1ccc(O)o1. The number of aromatic hydroxyl groups is 1. The molecule has 1 aromatic rings. The summed E-state index contributed by atoms with van der Waals surface area (Å²) in [7, 11) is 0. The highest BCUT2D eigenvalue weighted by atomic mass is 16.6. The van der Waals surface area contributed by atoms with Crippen LogP contribution in [0.5, 0.6) is 5.95 Å². The highest BCUT2D eigenvalue weighted by Gasteiger charge is 2.11. The van der Waals surface area contributed by atoms with Gasteiger partial charge in [-0.15, -0.1) is 0 Å². The minimum absolute atomic E-state index is 0.0389. The minimum atomic E-state index is -0.529. The van der Waals surface area contributed by atoms with E-state index in [2.05, 4.69) is 13.8 Å². The predicted octanol–water partition coefficient (Wildman–Crippen LogP) is 2.58. The van der Waals surface area contributed by atoms with Crippen LogP contribution in [-0.4, -0.2) is 17.7 Å².